The van der Waals surface area contributed by atoms with E-state index >= 15 is 0 Å². The van der Waals surface area contributed by atoms with Crippen LogP contribution in [0.25, 0.3) is 0 Å². The third-order valence-corrected chi connectivity index (χ3v) is 6.19. The highest BCUT2D eigenvalue weighted by Gasteiger charge is 2.26. The van der Waals surface area contributed by atoms with Crippen LogP contribution in [0.1, 0.15) is 25.0 Å². The van der Waals surface area contributed by atoms with Crippen molar-refractivity contribution in [1.82, 2.24) is 4.31 Å². The second-order valence-electron chi connectivity index (χ2n) is 4.45. The predicted molar refractivity (Wildman–Crippen MR) is 78.5 cm³/mol. The van der Waals surface area contributed by atoms with Crippen LogP contribution in [0.4, 0.5) is 0 Å². The van der Waals surface area contributed by atoms with Crippen LogP contribution >= 0.6 is 27.5 Å². The van der Waals surface area contributed by atoms with Gasteiger partial charge < -0.3 is 0 Å². The van der Waals surface area contributed by atoms with Crippen molar-refractivity contribution in [2.75, 3.05) is 7.05 Å². The van der Waals surface area contributed by atoms with Gasteiger partial charge >= 0.3 is 0 Å². The number of nitrogens with zero attached hydrogens (tertiary/aromatic N) is 1. The fraction of sp³-hybridized carbons (Fsp3) is 0.500. The van der Waals surface area contributed by atoms with Gasteiger partial charge in [-0.1, -0.05) is 15.9 Å². The lowest BCUT2D eigenvalue weighted by Crippen LogP contribution is -2.33. The smallest absolute Gasteiger partial charge is 0.207 e. The Morgan fingerprint density at radius 2 is 1.94 bits per heavy atom. The molecular weight excluding hydrogens is 338 g/mol. The second kappa shape index (κ2) is 5.90. The molecule has 0 aromatic heterocycles. The van der Waals surface area contributed by atoms with E-state index in [0.717, 1.165) is 10.0 Å². The molecule has 0 aliphatic rings. The van der Waals surface area contributed by atoms with E-state index in [1.807, 2.05) is 19.9 Å². The van der Waals surface area contributed by atoms with Crippen LogP contribution in [0.2, 0.25) is 0 Å². The molecule has 6 heteroatoms. The van der Waals surface area contributed by atoms with Crippen molar-refractivity contribution in [3.8, 4) is 0 Å². The van der Waals surface area contributed by atoms with Gasteiger partial charge in [0.25, 0.3) is 0 Å². The number of rotatable bonds is 4. The zero-order valence-electron chi connectivity index (χ0n) is 10.9. The van der Waals surface area contributed by atoms with Crippen LogP contribution in [0.5, 0.6) is 0 Å². The van der Waals surface area contributed by atoms with Crippen LogP contribution in [0.15, 0.2) is 21.5 Å². The minimum Gasteiger partial charge on any atom is -0.207 e. The van der Waals surface area contributed by atoms with Gasteiger partial charge in [-0.15, -0.1) is 11.6 Å². The van der Waals surface area contributed by atoms with Crippen molar-refractivity contribution in [1.29, 1.82) is 0 Å². The van der Waals surface area contributed by atoms with Crippen LogP contribution in [-0.2, 0) is 15.9 Å². The number of alkyl halides is 1. The van der Waals surface area contributed by atoms with Gasteiger partial charge in [0.05, 0.1) is 4.90 Å². The highest BCUT2D eigenvalue weighted by Crippen LogP contribution is 2.28. The molecule has 1 aromatic carbocycles. The molecule has 0 aliphatic carbocycles. The maximum atomic E-state index is 12.5. The summed E-state index contributed by atoms with van der Waals surface area (Å²) in [5, 5.41) is 0. The van der Waals surface area contributed by atoms with Gasteiger partial charge in [-0.2, -0.15) is 4.31 Å². The Bertz CT molecular complexity index is 543. The molecule has 0 N–H and O–H groups in total. The topological polar surface area (TPSA) is 37.4 Å². The second-order valence-corrected chi connectivity index (χ2v) is 7.54. The molecule has 0 aliphatic heterocycles. The van der Waals surface area contributed by atoms with Crippen molar-refractivity contribution in [3.05, 3.63) is 27.7 Å². The maximum absolute atomic E-state index is 12.5. The van der Waals surface area contributed by atoms with Crippen molar-refractivity contribution in [2.24, 2.45) is 0 Å². The molecule has 0 radical (unpaired) electrons. The molecule has 0 fully saturated rings. The summed E-state index contributed by atoms with van der Waals surface area (Å²) >= 11 is 9.16. The Hall–Kier alpha value is -0.100. The molecule has 1 rings (SSSR count). The Kier molecular flexibility index (Phi) is 5.23. The van der Waals surface area contributed by atoms with Crippen LogP contribution in [-0.4, -0.2) is 25.8 Å². The zero-order chi connectivity index (χ0) is 14.1. The first-order valence-electron chi connectivity index (χ1n) is 5.54. The SMILES string of the molecule is Cc1c(Br)cc(CCl)cc1S(=O)(=O)N(C)C(C)C. The highest BCUT2D eigenvalue weighted by molar-refractivity contribution is 9.10. The lowest BCUT2D eigenvalue weighted by Gasteiger charge is -2.22. The summed E-state index contributed by atoms with van der Waals surface area (Å²) < 4.78 is 27.1. The quantitative estimate of drug-likeness (QED) is 0.776. The van der Waals surface area contributed by atoms with E-state index in [-0.39, 0.29) is 11.9 Å². The molecule has 0 atom stereocenters. The maximum Gasteiger partial charge on any atom is 0.243 e. The fourth-order valence-electron chi connectivity index (χ4n) is 1.48. The average molecular weight is 355 g/mol. The van der Waals surface area contributed by atoms with E-state index in [2.05, 4.69) is 15.9 Å². The number of hydrogen-bond donors (Lipinski definition) is 0. The minimum atomic E-state index is -3.48. The van der Waals surface area contributed by atoms with E-state index in [4.69, 9.17) is 11.6 Å². The summed E-state index contributed by atoms with van der Waals surface area (Å²) in [6.07, 6.45) is 0. The standard InChI is InChI=1S/C12H17BrClNO2S/c1-8(2)15(4)18(16,17)12-6-10(7-14)5-11(13)9(12)3/h5-6,8H,7H2,1-4H3. The number of hydrogen-bond acceptors (Lipinski definition) is 2. The van der Waals surface area contributed by atoms with Gasteiger partial charge in [-0.25, -0.2) is 8.42 Å². The van der Waals surface area contributed by atoms with Crippen molar-refractivity contribution >= 4 is 37.6 Å². The van der Waals surface area contributed by atoms with Crippen LogP contribution in [0.3, 0.4) is 0 Å². The molecule has 0 heterocycles. The Labute approximate surface area is 122 Å². The third kappa shape index (κ3) is 3.07. The normalized spacial score (nSPS) is 12.4. The number of sulfonamides is 1. The third-order valence-electron chi connectivity index (χ3n) is 2.90. The summed E-state index contributed by atoms with van der Waals surface area (Å²) in [4.78, 5) is 0.309. The van der Waals surface area contributed by atoms with Crippen LogP contribution < -0.4 is 0 Å². The fourth-order valence-corrected chi connectivity index (χ4v) is 3.94. The lowest BCUT2D eigenvalue weighted by molar-refractivity contribution is 0.410. The van der Waals surface area contributed by atoms with Gasteiger partial charge in [0.1, 0.15) is 0 Å². The van der Waals surface area contributed by atoms with Gasteiger partial charge in [0.15, 0.2) is 0 Å². The lowest BCUT2D eigenvalue weighted by atomic mass is 10.2. The minimum absolute atomic E-state index is 0.0900. The molecule has 102 valence electrons. The van der Waals surface area contributed by atoms with E-state index in [0.29, 0.717) is 10.5 Å². The summed E-state index contributed by atoms with van der Waals surface area (Å²) in [6, 6.07) is 3.39. The van der Waals surface area contributed by atoms with Crippen molar-refractivity contribution < 1.29 is 8.42 Å². The molecule has 0 spiro atoms. The molecular formula is C12H17BrClNO2S. The molecule has 0 bridgehead atoms. The first-order chi connectivity index (χ1) is 8.21. The summed E-state index contributed by atoms with van der Waals surface area (Å²) in [5.74, 6) is 0.285. The first-order valence-corrected chi connectivity index (χ1v) is 8.31. The average Bonchev–Trinajstić information content (AvgIpc) is 2.30. The molecule has 0 saturated heterocycles. The van der Waals surface area contributed by atoms with Gasteiger partial charge in [0, 0.05) is 23.4 Å². The van der Waals surface area contributed by atoms with Gasteiger partial charge in [-0.05, 0) is 44.0 Å². The van der Waals surface area contributed by atoms with E-state index in [9.17, 15) is 8.42 Å². The summed E-state index contributed by atoms with van der Waals surface area (Å²) in [6.45, 7) is 5.46. The van der Waals surface area contributed by atoms with Crippen molar-refractivity contribution in [3.63, 3.8) is 0 Å². The molecule has 18 heavy (non-hydrogen) atoms. The zero-order valence-corrected chi connectivity index (χ0v) is 14.0. The summed E-state index contributed by atoms with van der Waals surface area (Å²) in [5.41, 5.74) is 1.49. The van der Waals surface area contributed by atoms with Crippen molar-refractivity contribution in [2.45, 2.75) is 37.6 Å². The number of halogens is 2. The van der Waals surface area contributed by atoms with Crippen LogP contribution in [0, 0.1) is 6.92 Å². The largest absolute Gasteiger partial charge is 0.243 e. The monoisotopic (exact) mass is 353 g/mol. The Morgan fingerprint density at radius 1 is 1.39 bits per heavy atom. The molecule has 0 amide bonds. The Morgan fingerprint density at radius 3 is 2.39 bits per heavy atom. The van der Waals surface area contributed by atoms with E-state index in [1.54, 1.807) is 20.0 Å². The Balaban J connectivity index is 3.45. The highest BCUT2D eigenvalue weighted by atomic mass is 79.9. The molecule has 1 aromatic rings. The molecule has 0 saturated carbocycles. The van der Waals surface area contributed by atoms with Gasteiger partial charge in [0.2, 0.25) is 10.0 Å². The van der Waals surface area contributed by atoms with Gasteiger partial charge in [-0.3, -0.25) is 0 Å². The number of benzene rings is 1. The summed E-state index contributed by atoms with van der Waals surface area (Å²) in [7, 11) is -1.90. The van der Waals surface area contributed by atoms with E-state index < -0.39 is 10.0 Å². The molecule has 0 unspecified atom stereocenters. The van der Waals surface area contributed by atoms with E-state index in [1.165, 1.54) is 4.31 Å². The first kappa shape index (κ1) is 16.0. The predicted octanol–water partition coefficient (Wildman–Crippen LogP) is 3.53. The molecule has 3 nitrogen and oxygen atoms in total.